The van der Waals surface area contributed by atoms with E-state index >= 15 is 0 Å². The first-order chi connectivity index (χ1) is 9.29. The molecule has 0 amide bonds. The highest BCUT2D eigenvalue weighted by Crippen LogP contribution is 2.23. The number of hydrogen-bond donors (Lipinski definition) is 3. The van der Waals surface area contributed by atoms with Gasteiger partial charge >= 0.3 is 0 Å². The summed E-state index contributed by atoms with van der Waals surface area (Å²) in [7, 11) is 0. The maximum absolute atomic E-state index is 10.3. The Labute approximate surface area is 110 Å². The Kier molecular flexibility index (Phi) is 3.03. The fraction of sp³-hybridized carbons (Fsp3) is 0.133. The fourth-order valence-electron chi connectivity index (χ4n) is 2.20. The van der Waals surface area contributed by atoms with Crippen molar-refractivity contribution < 1.29 is 5.11 Å². The number of H-pyrrole nitrogens is 1. The normalized spacial score (nSPS) is 12.7. The molecule has 0 saturated carbocycles. The van der Waals surface area contributed by atoms with Gasteiger partial charge in [0.1, 0.15) is 11.9 Å². The van der Waals surface area contributed by atoms with E-state index in [0.29, 0.717) is 12.4 Å². The molecule has 2 aromatic carbocycles. The molecule has 1 aromatic heterocycles. The molecule has 96 valence electrons. The first-order valence-corrected chi connectivity index (χ1v) is 6.20. The zero-order valence-electron chi connectivity index (χ0n) is 10.4. The topological polar surface area (TPSA) is 74.9 Å². The van der Waals surface area contributed by atoms with Crippen molar-refractivity contribution in [2.45, 2.75) is 12.6 Å². The summed E-state index contributed by atoms with van der Waals surface area (Å²) in [5.41, 5.74) is 9.21. The molecular weight excluding hydrogens is 238 g/mol. The third-order valence-corrected chi connectivity index (χ3v) is 3.21. The first-order valence-electron chi connectivity index (χ1n) is 6.20. The van der Waals surface area contributed by atoms with E-state index in [1.54, 1.807) is 0 Å². The van der Waals surface area contributed by atoms with Gasteiger partial charge in [0.15, 0.2) is 0 Å². The fourth-order valence-corrected chi connectivity index (χ4v) is 2.20. The van der Waals surface area contributed by atoms with Gasteiger partial charge in [0.2, 0.25) is 0 Å². The van der Waals surface area contributed by atoms with E-state index in [9.17, 15) is 5.11 Å². The Morgan fingerprint density at radius 2 is 1.89 bits per heavy atom. The van der Waals surface area contributed by atoms with E-state index in [1.165, 1.54) is 0 Å². The maximum atomic E-state index is 10.3. The minimum Gasteiger partial charge on any atom is -0.380 e. The number of fused-ring (bicyclic) bond motifs is 1. The summed E-state index contributed by atoms with van der Waals surface area (Å²) in [5.74, 6) is 0.544. The number of benzene rings is 2. The van der Waals surface area contributed by atoms with Crippen LogP contribution in [0.5, 0.6) is 0 Å². The number of para-hydroxylation sites is 1. The van der Waals surface area contributed by atoms with Crippen LogP contribution in [0.2, 0.25) is 0 Å². The second kappa shape index (κ2) is 4.84. The van der Waals surface area contributed by atoms with Gasteiger partial charge in [0, 0.05) is 6.54 Å². The predicted molar refractivity (Wildman–Crippen MR) is 74.5 cm³/mol. The Hall–Kier alpha value is -2.17. The van der Waals surface area contributed by atoms with Crippen molar-refractivity contribution in [1.29, 1.82) is 0 Å². The minimum absolute atomic E-state index is 0.434. The van der Waals surface area contributed by atoms with Gasteiger partial charge in [0.25, 0.3) is 0 Å². The number of imidazole rings is 1. The van der Waals surface area contributed by atoms with Crippen molar-refractivity contribution in [2.75, 3.05) is 0 Å². The molecule has 0 aliphatic heterocycles. The number of nitrogens with zero attached hydrogens (tertiary/aromatic N) is 1. The Morgan fingerprint density at radius 1 is 1.11 bits per heavy atom. The lowest BCUT2D eigenvalue weighted by atomic mass is 10.1. The van der Waals surface area contributed by atoms with Crippen LogP contribution >= 0.6 is 0 Å². The zero-order chi connectivity index (χ0) is 13.2. The van der Waals surface area contributed by atoms with Crippen LogP contribution in [0, 0.1) is 0 Å². The molecule has 1 heterocycles. The summed E-state index contributed by atoms with van der Waals surface area (Å²) in [6, 6.07) is 15.3. The van der Waals surface area contributed by atoms with Crippen molar-refractivity contribution in [3.63, 3.8) is 0 Å². The monoisotopic (exact) mass is 253 g/mol. The minimum atomic E-state index is -0.751. The first kappa shape index (κ1) is 11.9. The van der Waals surface area contributed by atoms with Crippen LogP contribution in [0.15, 0.2) is 48.5 Å². The molecule has 0 aliphatic rings. The summed E-state index contributed by atoms with van der Waals surface area (Å²) in [4.78, 5) is 7.63. The van der Waals surface area contributed by atoms with Gasteiger partial charge in [-0.2, -0.15) is 0 Å². The van der Waals surface area contributed by atoms with Crippen LogP contribution in [0.25, 0.3) is 11.0 Å². The summed E-state index contributed by atoms with van der Waals surface area (Å²) in [5, 5.41) is 10.3. The van der Waals surface area contributed by atoms with E-state index in [4.69, 9.17) is 5.73 Å². The lowest BCUT2D eigenvalue weighted by Crippen LogP contribution is -2.01. The molecule has 3 rings (SSSR count). The second-order valence-electron chi connectivity index (χ2n) is 4.45. The van der Waals surface area contributed by atoms with E-state index in [-0.39, 0.29) is 0 Å². The third kappa shape index (κ3) is 2.12. The molecule has 19 heavy (non-hydrogen) atoms. The highest BCUT2D eigenvalue weighted by molar-refractivity contribution is 5.78. The summed E-state index contributed by atoms with van der Waals surface area (Å²) >= 11 is 0. The van der Waals surface area contributed by atoms with Crippen LogP contribution in [0.4, 0.5) is 0 Å². The second-order valence-corrected chi connectivity index (χ2v) is 4.45. The van der Waals surface area contributed by atoms with E-state index in [2.05, 4.69) is 9.97 Å². The van der Waals surface area contributed by atoms with Gasteiger partial charge in [-0.15, -0.1) is 0 Å². The van der Waals surface area contributed by atoms with Crippen molar-refractivity contribution in [1.82, 2.24) is 9.97 Å². The number of aromatic nitrogens is 2. The molecule has 1 atom stereocenters. The molecule has 0 radical (unpaired) electrons. The van der Waals surface area contributed by atoms with Crippen molar-refractivity contribution in [3.05, 3.63) is 65.5 Å². The summed E-state index contributed by atoms with van der Waals surface area (Å²) in [6.07, 6.45) is -0.751. The van der Waals surface area contributed by atoms with Crippen molar-refractivity contribution >= 4 is 11.0 Å². The van der Waals surface area contributed by atoms with Gasteiger partial charge in [-0.1, -0.05) is 42.5 Å². The smallest absolute Gasteiger partial charge is 0.140 e. The van der Waals surface area contributed by atoms with Crippen molar-refractivity contribution in [2.24, 2.45) is 5.73 Å². The molecule has 0 saturated heterocycles. The Morgan fingerprint density at radius 3 is 2.63 bits per heavy atom. The Balaban J connectivity index is 2.06. The average Bonchev–Trinajstić information content (AvgIpc) is 2.91. The maximum Gasteiger partial charge on any atom is 0.140 e. The number of aromatic amines is 1. The molecular formula is C15H15N3O. The van der Waals surface area contributed by atoms with Crippen LogP contribution < -0.4 is 5.73 Å². The number of hydrogen-bond acceptors (Lipinski definition) is 3. The third-order valence-electron chi connectivity index (χ3n) is 3.21. The van der Waals surface area contributed by atoms with Gasteiger partial charge in [0.05, 0.1) is 11.0 Å². The SMILES string of the molecule is NCc1cccc2[nH]c(C(O)c3ccccc3)nc12. The van der Waals surface area contributed by atoms with Crippen LogP contribution in [0.3, 0.4) is 0 Å². The average molecular weight is 253 g/mol. The zero-order valence-corrected chi connectivity index (χ0v) is 10.4. The van der Waals surface area contributed by atoms with Gasteiger partial charge in [-0.05, 0) is 17.2 Å². The lowest BCUT2D eigenvalue weighted by molar-refractivity contribution is 0.211. The van der Waals surface area contributed by atoms with Gasteiger partial charge < -0.3 is 15.8 Å². The van der Waals surface area contributed by atoms with E-state index in [0.717, 1.165) is 22.2 Å². The highest BCUT2D eigenvalue weighted by Gasteiger charge is 2.15. The molecule has 3 aromatic rings. The number of aliphatic hydroxyl groups is 1. The van der Waals surface area contributed by atoms with Gasteiger partial charge in [-0.3, -0.25) is 0 Å². The van der Waals surface area contributed by atoms with Crippen LogP contribution in [0.1, 0.15) is 23.1 Å². The molecule has 1 unspecified atom stereocenters. The summed E-state index contributed by atoms with van der Waals surface area (Å²) in [6.45, 7) is 0.434. The van der Waals surface area contributed by atoms with E-state index < -0.39 is 6.10 Å². The standard InChI is InChI=1S/C15H15N3O/c16-9-11-7-4-8-12-13(11)18-15(17-12)14(19)10-5-2-1-3-6-10/h1-8,14,19H,9,16H2,(H,17,18). The van der Waals surface area contributed by atoms with Crippen LogP contribution in [-0.2, 0) is 6.54 Å². The van der Waals surface area contributed by atoms with Crippen molar-refractivity contribution in [3.8, 4) is 0 Å². The molecule has 4 nitrogen and oxygen atoms in total. The number of nitrogens with one attached hydrogen (secondary N) is 1. The molecule has 0 bridgehead atoms. The molecule has 4 N–H and O–H groups in total. The molecule has 0 aliphatic carbocycles. The molecule has 0 fully saturated rings. The highest BCUT2D eigenvalue weighted by atomic mass is 16.3. The lowest BCUT2D eigenvalue weighted by Gasteiger charge is -2.06. The quantitative estimate of drug-likeness (QED) is 0.669. The number of nitrogens with two attached hydrogens (primary N) is 1. The molecule has 0 spiro atoms. The van der Waals surface area contributed by atoms with Crippen LogP contribution in [-0.4, -0.2) is 15.1 Å². The van der Waals surface area contributed by atoms with Gasteiger partial charge in [-0.25, -0.2) is 4.98 Å². The van der Waals surface area contributed by atoms with E-state index in [1.807, 2.05) is 48.5 Å². The number of aliphatic hydroxyl groups excluding tert-OH is 1. The Bertz CT molecular complexity index is 691. The largest absolute Gasteiger partial charge is 0.380 e. The molecule has 4 heteroatoms. The summed E-state index contributed by atoms with van der Waals surface area (Å²) < 4.78 is 0. The predicted octanol–water partition coefficient (Wildman–Crippen LogP) is 2.10. The number of rotatable bonds is 3.